The van der Waals surface area contributed by atoms with Gasteiger partial charge in [-0.1, -0.05) is 127 Å². The minimum Gasteiger partial charge on any atom is -0.385 e. The van der Waals surface area contributed by atoms with Gasteiger partial charge < -0.3 is 5.32 Å². The van der Waals surface area contributed by atoms with E-state index in [0.29, 0.717) is 12.1 Å². The average Bonchev–Trinajstić information content (AvgIpc) is 3.01. The fourth-order valence-corrected chi connectivity index (χ4v) is 10.4. The minimum atomic E-state index is -2.97. The Balaban J connectivity index is 1.59. The first kappa shape index (κ1) is 24.5. The second kappa shape index (κ2) is 10.9. The van der Waals surface area contributed by atoms with Crippen LogP contribution in [0.25, 0.3) is 11.6 Å². The van der Waals surface area contributed by atoms with Crippen molar-refractivity contribution in [2.45, 2.75) is 6.54 Å². The normalized spacial score (nSPS) is 14.0. The zero-order chi connectivity index (χ0) is 26.5. The number of nitrogens with zero attached hydrogens (tertiary/aromatic N) is 1. The monoisotopic (exact) mass is 520 g/mol. The molecular formula is C35H28N2OSi. The number of hydrogen-bond acceptors (Lipinski definition) is 3. The third-order valence-electron chi connectivity index (χ3n) is 7.32. The van der Waals surface area contributed by atoms with Crippen LogP contribution in [0.5, 0.6) is 0 Å². The fourth-order valence-electron chi connectivity index (χ4n) is 5.57. The standard InChI is InChI=1S/C35H28N2OSi/c38-35-33(26-36-25-28-15-12-13-23-37-28)32-22-11-10-14-27(32)24-34(35)39(29-16-4-1-5-17-29,30-18-6-2-7-19-30)31-20-8-3-9-21-31/h1-24,26,36H,25H2. The van der Waals surface area contributed by atoms with Crippen LogP contribution in [-0.2, 0) is 11.3 Å². The highest BCUT2D eigenvalue weighted by Crippen LogP contribution is 2.34. The molecule has 0 unspecified atom stereocenters. The molecule has 6 rings (SSSR count). The van der Waals surface area contributed by atoms with Crippen molar-refractivity contribution < 1.29 is 4.79 Å². The summed E-state index contributed by atoms with van der Waals surface area (Å²) >= 11 is 0. The van der Waals surface area contributed by atoms with Gasteiger partial charge in [0.1, 0.15) is 0 Å². The molecule has 1 N–H and O–H groups in total. The number of carbonyl (C=O) groups excluding carboxylic acids is 1. The van der Waals surface area contributed by atoms with Crippen LogP contribution in [0.1, 0.15) is 16.8 Å². The quantitative estimate of drug-likeness (QED) is 0.189. The molecule has 39 heavy (non-hydrogen) atoms. The Morgan fingerprint density at radius 2 is 1.18 bits per heavy atom. The Morgan fingerprint density at radius 1 is 0.641 bits per heavy atom. The number of ketones is 1. The number of rotatable bonds is 7. The molecule has 5 aromatic rings. The third kappa shape index (κ3) is 4.56. The number of hydrogen-bond donors (Lipinski definition) is 1. The first-order valence-electron chi connectivity index (χ1n) is 13.1. The van der Waals surface area contributed by atoms with Crippen molar-refractivity contribution in [3.05, 3.63) is 168 Å². The maximum Gasteiger partial charge on any atom is 0.188 e. The molecule has 4 heteroatoms. The molecule has 1 aromatic heterocycles. The lowest BCUT2D eigenvalue weighted by Gasteiger charge is -2.37. The van der Waals surface area contributed by atoms with Crippen molar-refractivity contribution in [2.75, 3.05) is 0 Å². The van der Waals surface area contributed by atoms with Gasteiger partial charge in [-0.2, -0.15) is 0 Å². The van der Waals surface area contributed by atoms with Crippen molar-refractivity contribution in [3.63, 3.8) is 0 Å². The van der Waals surface area contributed by atoms with E-state index in [1.807, 2.05) is 60.8 Å². The first-order valence-corrected chi connectivity index (χ1v) is 15.1. The highest BCUT2D eigenvalue weighted by Gasteiger charge is 2.47. The maximum atomic E-state index is 14.7. The number of benzene rings is 4. The molecule has 0 bridgehead atoms. The lowest BCUT2D eigenvalue weighted by Crippen LogP contribution is -2.70. The summed E-state index contributed by atoms with van der Waals surface area (Å²) in [5, 5.41) is 7.78. The first-order chi connectivity index (χ1) is 19.3. The van der Waals surface area contributed by atoms with E-state index in [-0.39, 0.29) is 5.78 Å². The molecule has 0 fully saturated rings. The summed E-state index contributed by atoms with van der Waals surface area (Å²) in [5.41, 5.74) is 3.59. The molecular weight excluding hydrogens is 492 g/mol. The topological polar surface area (TPSA) is 42.0 Å². The number of fused-ring (bicyclic) bond motifs is 1. The van der Waals surface area contributed by atoms with Gasteiger partial charge in [-0.15, -0.1) is 0 Å². The number of Topliss-reactive ketones (excluding diaryl/α,β-unsaturated/α-hetero) is 1. The average molecular weight is 521 g/mol. The molecule has 188 valence electrons. The Labute approximate surface area is 230 Å². The van der Waals surface area contributed by atoms with E-state index in [2.05, 4.69) is 95.2 Å². The Kier molecular flexibility index (Phi) is 6.85. The van der Waals surface area contributed by atoms with Gasteiger partial charge in [0, 0.05) is 23.2 Å². The lowest BCUT2D eigenvalue weighted by molar-refractivity contribution is -0.110. The van der Waals surface area contributed by atoms with Crippen molar-refractivity contribution in [3.8, 4) is 0 Å². The second-order valence-corrected chi connectivity index (χ2v) is 13.4. The fraction of sp³-hybridized carbons (Fsp3) is 0.0286. The van der Waals surface area contributed by atoms with Gasteiger partial charge in [0.05, 0.1) is 12.2 Å². The number of carbonyl (C=O) groups is 1. The second-order valence-electron chi connectivity index (χ2n) is 9.58. The smallest absolute Gasteiger partial charge is 0.188 e. The molecule has 0 saturated carbocycles. The van der Waals surface area contributed by atoms with Crippen LogP contribution < -0.4 is 20.9 Å². The highest BCUT2D eigenvalue weighted by atomic mass is 28.3. The lowest BCUT2D eigenvalue weighted by atomic mass is 9.92. The van der Waals surface area contributed by atoms with E-state index in [1.165, 1.54) is 15.6 Å². The predicted octanol–water partition coefficient (Wildman–Crippen LogP) is 4.89. The van der Waals surface area contributed by atoms with E-state index < -0.39 is 8.07 Å². The molecule has 0 saturated heterocycles. The largest absolute Gasteiger partial charge is 0.385 e. The minimum absolute atomic E-state index is 0.0606. The van der Waals surface area contributed by atoms with E-state index in [9.17, 15) is 4.79 Å². The molecule has 1 heterocycles. The van der Waals surface area contributed by atoms with Crippen molar-refractivity contribution >= 4 is 41.1 Å². The van der Waals surface area contributed by atoms with Gasteiger partial charge in [0.15, 0.2) is 13.9 Å². The van der Waals surface area contributed by atoms with E-state index >= 15 is 0 Å². The number of aromatic nitrogens is 1. The molecule has 4 aromatic carbocycles. The van der Waals surface area contributed by atoms with Gasteiger partial charge in [0.25, 0.3) is 0 Å². The zero-order valence-corrected chi connectivity index (χ0v) is 22.5. The van der Waals surface area contributed by atoms with Gasteiger partial charge in [-0.05, 0) is 38.8 Å². The molecule has 1 aliphatic rings. The molecule has 0 aliphatic heterocycles. The van der Waals surface area contributed by atoms with Crippen molar-refractivity contribution in [1.82, 2.24) is 10.3 Å². The Hall–Kier alpha value is -4.80. The molecule has 1 aliphatic carbocycles. The van der Waals surface area contributed by atoms with Crippen LogP contribution in [0.4, 0.5) is 0 Å². The summed E-state index contributed by atoms with van der Waals surface area (Å²) in [6, 6.07) is 45.7. The van der Waals surface area contributed by atoms with Crippen LogP contribution in [0.15, 0.2) is 151 Å². The van der Waals surface area contributed by atoms with E-state index in [1.54, 1.807) is 6.20 Å². The number of pyridine rings is 1. The SMILES string of the molecule is O=C1C(=CNCc2ccccn2)c2ccccc2C=C1[Si](c1ccccc1)(c1ccccc1)c1ccccc1. The van der Waals surface area contributed by atoms with E-state index in [0.717, 1.165) is 22.0 Å². The van der Waals surface area contributed by atoms with E-state index in [4.69, 9.17) is 0 Å². The van der Waals surface area contributed by atoms with Crippen LogP contribution >= 0.6 is 0 Å². The predicted molar refractivity (Wildman–Crippen MR) is 162 cm³/mol. The summed E-state index contributed by atoms with van der Waals surface area (Å²) in [6.45, 7) is 0.539. The Morgan fingerprint density at radius 3 is 1.74 bits per heavy atom. The number of allylic oxidation sites excluding steroid dienone is 2. The zero-order valence-electron chi connectivity index (χ0n) is 21.5. The van der Waals surface area contributed by atoms with Gasteiger partial charge in [-0.25, -0.2) is 0 Å². The van der Waals surface area contributed by atoms with Crippen LogP contribution in [0.3, 0.4) is 0 Å². The highest BCUT2D eigenvalue weighted by molar-refractivity contribution is 7.19. The third-order valence-corrected chi connectivity index (χ3v) is 12.1. The molecule has 0 radical (unpaired) electrons. The molecule has 3 nitrogen and oxygen atoms in total. The van der Waals surface area contributed by atoms with Gasteiger partial charge in [0.2, 0.25) is 0 Å². The van der Waals surface area contributed by atoms with Crippen LogP contribution in [0.2, 0.25) is 0 Å². The molecule has 0 atom stereocenters. The van der Waals surface area contributed by atoms with Crippen molar-refractivity contribution in [2.24, 2.45) is 0 Å². The van der Waals surface area contributed by atoms with Gasteiger partial charge >= 0.3 is 0 Å². The molecule has 0 amide bonds. The summed E-state index contributed by atoms with van der Waals surface area (Å²) in [5.74, 6) is 0.0606. The Bertz CT molecular complexity index is 1550. The van der Waals surface area contributed by atoms with Crippen LogP contribution in [0, 0.1) is 0 Å². The maximum absolute atomic E-state index is 14.7. The summed E-state index contributed by atoms with van der Waals surface area (Å²) in [7, 11) is -2.97. The summed E-state index contributed by atoms with van der Waals surface area (Å²) in [6.07, 6.45) is 5.81. The summed E-state index contributed by atoms with van der Waals surface area (Å²) < 4.78 is 0. The summed E-state index contributed by atoms with van der Waals surface area (Å²) in [4.78, 5) is 19.2. The van der Waals surface area contributed by atoms with Gasteiger partial charge in [-0.3, -0.25) is 9.78 Å². The van der Waals surface area contributed by atoms with Crippen LogP contribution in [-0.4, -0.2) is 18.8 Å². The number of nitrogens with one attached hydrogen (secondary N) is 1. The van der Waals surface area contributed by atoms with Crippen molar-refractivity contribution in [1.29, 1.82) is 0 Å². The molecule has 0 spiro atoms.